The summed E-state index contributed by atoms with van der Waals surface area (Å²) in [4.78, 5) is 4.40. The molecule has 148 valence electrons. The number of benzene rings is 3. The van der Waals surface area contributed by atoms with Crippen molar-refractivity contribution in [3.05, 3.63) is 102 Å². The van der Waals surface area contributed by atoms with Crippen molar-refractivity contribution in [3.8, 4) is 16.9 Å². The van der Waals surface area contributed by atoms with Crippen molar-refractivity contribution in [2.24, 2.45) is 0 Å². The summed E-state index contributed by atoms with van der Waals surface area (Å²) in [5, 5.41) is 7.83. The third-order valence-corrected chi connectivity index (χ3v) is 5.24. The fraction of sp³-hybridized carbons (Fsp3) is 0.120. The van der Waals surface area contributed by atoms with E-state index in [9.17, 15) is 0 Å². The Kier molecular flexibility index (Phi) is 4.77. The monoisotopic (exact) mass is 394 g/mol. The first-order valence-corrected chi connectivity index (χ1v) is 10.1. The average Bonchev–Trinajstić information content (AvgIpc) is 3.29. The molecule has 5 rings (SSSR count). The summed E-state index contributed by atoms with van der Waals surface area (Å²) < 4.78 is 7.48. The summed E-state index contributed by atoms with van der Waals surface area (Å²) in [6.45, 7) is 2.64. The number of nitrogens with one attached hydrogen (secondary N) is 1. The first kappa shape index (κ1) is 18.2. The lowest BCUT2D eigenvalue weighted by Gasteiger charge is -2.24. The SMILES string of the molecule is CCOc1ccc(C2C=C(c3ccc(-c4ccccc4)cc3)Nc3ncnn32)cc1. The highest BCUT2D eigenvalue weighted by atomic mass is 16.5. The number of nitrogens with zero attached hydrogens (tertiary/aromatic N) is 3. The predicted octanol–water partition coefficient (Wildman–Crippen LogP) is 5.40. The molecule has 1 atom stereocenters. The van der Waals surface area contributed by atoms with E-state index in [1.54, 1.807) is 6.33 Å². The molecule has 0 fully saturated rings. The van der Waals surface area contributed by atoms with Gasteiger partial charge >= 0.3 is 0 Å². The van der Waals surface area contributed by atoms with E-state index in [1.165, 1.54) is 11.1 Å². The Balaban J connectivity index is 1.48. The molecule has 0 radical (unpaired) electrons. The normalized spacial score (nSPS) is 15.1. The molecule has 0 saturated carbocycles. The van der Waals surface area contributed by atoms with Gasteiger partial charge in [-0.15, -0.1) is 0 Å². The van der Waals surface area contributed by atoms with Gasteiger partial charge in [-0.1, -0.05) is 66.7 Å². The van der Waals surface area contributed by atoms with E-state index in [2.05, 4.69) is 82.1 Å². The second-order valence-electron chi connectivity index (χ2n) is 7.12. The van der Waals surface area contributed by atoms with Crippen LogP contribution in [0.5, 0.6) is 5.75 Å². The molecule has 1 N–H and O–H groups in total. The van der Waals surface area contributed by atoms with Crippen molar-refractivity contribution in [3.63, 3.8) is 0 Å². The van der Waals surface area contributed by atoms with Crippen LogP contribution >= 0.6 is 0 Å². The van der Waals surface area contributed by atoms with E-state index >= 15 is 0 Å². The molecular formula is C25H22N4O. The molecule has 30 heavy (non-hydrogen) atoms. The molecule has 5 nitrogen and oxygen atoms in total. The van der Waals surface area contributed by atoms with E-state index in [0.717, 1.165) is 28.5 Å². The molecule has 1 aromatic heterocycles. The Hall–Kier alpha value is -3.86. The number of anilines is 1. The Morgan fingerprint density at radius 1 is 0.867 bits per heavy atom. The third kappa shape index (κ3) is 3.46. The van der Waals surface area contributed by atoms with Gasteiger partial charge in [-0.05, 0) is 47.4 Å². The average molecular weight is 394 g/mol. The van der Waals surface area contributed by atoms with Gasteiger partial charge in [-0.25, -0.2) is 4.68 Å². The predicted molar refractivity (Wildman–Crippen MR) is 119 cm³/mol. The first-order chi connectivity index (χ1) is 14.8. The molecule has 0 saturated heterocycles. The highest BCUT2D eigenvalue weighted by Gasteiger charge is 2.23. The number of fused-ring (bicyclic) bond motifs is 1. The molecule has 4 aromatic rings. The number of allylic oxidation sites excluding steroid dienone is 1. The molecule has 5 heteroatoms. The molecule has 1 unspecified atom stereocenters. The summed E-state index contributed by atoms with van der Waals surface area (Å²) in [5.74, 6) is 1.60. The van der Waals surface area contributed by atoms with Crippen LogP contribution < -0.4 is 10.1 Å². The van der Waals surface area contributed by atoms with Gasteiger partial charge in [0, 0.05) is 5.70 Å². The molecule has 3 aromatic carbocycles. The Morgan fingerprint density at radius 3 is 2.30 bits per heavy atom. The molecule has 1 aliphatic heterocycles. The standard InChI is InChI=1S/C25H22N4O/c1-2-30-22-14-12-21(13-15-22)24-16-23(28-25-26-17-27-29(24)25)20-10-8-19(9-11-20)18-6-4-3-5-7-18/h3-17,24H,2H2,1H3,(H,26,27,28). The molecule has 2 heterocycles. The van der Waals surface area contributed by atoms with Crippen LogP contribution in [0.2, 0.25) is 0 Å². The maximum atomic E-state index is 5.58. The lowest BCUT2D eigenvalue weighted by atomic mass is 9.99. The van der Waals surface area contributed by atoms with E-state index in [4.69, 9.17) is 4.74 Å². The minimum absolute atomic E-state index is 0.0387. The van der Waals surface area contributed by atoms with Crippen molar-refractivity contribution in [1.29, 1.82) is 0 Å². The highest BCUT2D eigenvalue weighted by molar-refractivity contribution is 5.78. The number of ether oxygens (including phenoxy) is 1. The highest BCUT2D eigenvalue weighted by Crippen LogP contribution is 2.33. The maximum absolute atomic E-state index is 5.58. The van der Waals surface area contributed by atoms with Gasteiger partial charge in [0.2, 0.25) is 5.95 Å². The van der Waals surface area contributed by atoms with E-state index in [0.29, 0.717) is 6.61 Å². The Labute approximate surface area is 175 Å². The number of rotatable bonds is 5. The van der Waals surface area contributed by atoms with Gasteiger partial charge in [0.15, 0.2) is 0 Å². The largest absolute Gasteiger partial charge is 0.494 e. The number of hydrogen-bond acceptors (Lipinski definition) is 4. The van der Waals surface area contributed by atoms with Crippen LogP contribution in [0.25, 0.3) is 16.8 Å². The second-order valence-corrected chi connectivity index (χ2v) is 7.12. The second kappa shape index (κ2) is 7.87. The molecule has 0 spiro atoms. The molecule has 0 aliphatic carbocycles. The quantitative estimate of drug-likeness (QED) is 0.492. The lowest BCUT2D eigenvalue weighted by Crippen LogP contribution is -2.20. The lowest BCUT2D eigenvalue weighted by molar-refractivity contribution is 0.340. The number of hydrogen-bond donors (Lipinski definition) is 1. The van der Waals surface area contributed by atoms with Crippen molar-refractivity contribution in [2.45, 2.75) is 13.0 Å². The zero-order chi connectivity index (χ0) is 20.3. The number of aromatic nitrogens is 3. The summed E-state index contributed by atoms with van der Waals surface area (Å²) in [6, 6.07) is 27.1. The van der Waals surface area contributed by atoms with E-state index < -0.39 is 0 Å². The van der Waals surface area contributed by atoms with Crippen molar-refractivity contribution >= 4 is 11.6 Å². The summed E-state index contributed by atoms with van der Waals surface area (Å²) in [7, 11) is 0. The maximum Gasteiger partial charge on any atom is 0.226 e. The van der Waals surface area contributed by atoms with Gasteiger partial charge in [-0.3, -0.25) is 0 Å². The van der Waals surface area contributed by atoms with Gasteiger partial charge < -0.3 is 10.1 Å². The third-order valence-electron chi connectivity index (χ3n) is 5.24. The van der Waals surface area contributed by atoms with Crippen molar-refractivity contribution in [2.75, 3.05) is 11.9 Å². The van der Waals surface area contributed by atoms with Crippen LogP contribution in [0.1, 0.15) is 24.1 Å². The van der Waals surface area contributed by atoms with Crippen LogP contribution in [0.15, 0.2) is 91.3 Å². The summed E-state index contributed by atoms with van der Waals surface area (Å²) in [6.07, 6.45) is 3.77. The zero-order valence-corrected chi connectivity index (χ0v) is 16.7. The van der Waals surface area contributed by atoms with Gasteiger partial charge in [0.05, 0.1) is 6.61 Å². The van der Waals surface area contributed by atoms with Gasteiger partial charge in [0.1, 0.15) is 18.1 Å². The van der Waals surface area contributed by atoms with Crippen LogP contribution in [0.3, 0.4) is 0 Å². The van der Waals surface area contributed by atoms with Crippen LogP contribution in [0, 0.1) is 0 Å². The smallest absolute Gasteiger partial charge is 0.226 e. The molecule has 0 bridgehead atoms. The van der Waals surface area contributed by atoms with Gasteiger partial charge in [-0.2, -0.15) is 10.1 Å². The van der Waals surface area contributed by atoms with Crippen LogP contribution in [-0.4, -0.2) is 21.4 Å². The minimum Gasteiger partial charge on any atom is -0.494 e. The topological polar surface area (TPSA) is 52.0 Å². The molecular weight excluding hydrogens is 372 g/mol. The van der Waals surface area contributed by atoms with E-state index in [-0.39, 0.29) is 6.04 Å². The summed E-state index contributed by atoms with van der Waals surface area (Å²) >= 11 is 0. The fourth-order valence-corrected chi connectivity index (χ4v) is 3.74. The molecule has 0 amide bonds. The summed E-state index contributed by atoms with van der Waals surface area (Å²) in [5.41, 5.74) is 5.67. The van der Waals surface area contributed by atoms with Crippen LogP contribution in [0.4, 0.5) is 5.95 Å². The van der Waals surface area contributed by atoms with Crippen molar-refractivity contribution < 1.29 is 4.74 Å². The fourth-order valence-electron chi connectivity index (χ4n) is 3.74. The van der Waals surface area contributed by atoms with E-state index in [1.807, 2.05) is 29.8 Å². The first-order valence-electron chi connectivity index (χ1n) is 10.1. The molecule has 1 aliphatic rings. The Morgan fingerprint density at radius 2 is 1.57 bits per heavy atom. The minimum atomic E-state index is -0.0387. The van der Waals surface area contributed by atoms with Crippen LogP contribution in [-0.2, 0) is 0 Å². The zero-order valence-electron chi connectivity index (χ0n) is 16.7. The van der Waals surface area contributed by atoms with Crippen molar-refractivity contribution in [1.82, 2.24) is 14.8 Å². The Bertz CT molecular complexity index is 1160. The van der Waals surface area contributed by atoms with Gasteiger partial charge in [0.25, 0.3) is 0 Å².